The van der Waals surface area contributed by atoms with Crippen molar-refractivity contribution in [3.8, 4) is 11.5 Å². The Hall–Kier alpha value is -2.67. The second-order valence-electron chi connectivity index (χ2n) is 5.84. The van der Waals surface area contributed by atoms with Crippen molar-refractivity contribution in [3.63, 3.8) is 0 Å². The third-order valence-electron chi connectivity index (χ3n) is 4.13. The summed E-state index contributed by atoms with van der Waals surface area (Å²) in [7, 11) is 0. The van der Waals surface area contributed by atoms with Crippen LogP contribution in [0.5, 0.6) is 0 Å². The summed E-state index contributed by atoms with van der Waals surface area (Å²) in [5.74, 6) is 0.736. The molecule has 2 aromatic heterocycles. The van der Waals surface area contributed by atoms with Crippen LogP contribution < -0.4 is 4.90 Å². The van der Waals surface area contributed by atoms with Crippen molar-refractivity contribution in [2.45, 2.75) is 24.6 Å². The lowest BCUT2D eigenvalue weighted by Crippen LogP contribution is -2.36. The maximum atomic E-state index is 12.7. The fourth-order valence-electron chi connectivity index (χ4n) is 3.02. The summed E-state index contributed by atoms with van der Waals surface area (Å²) in [5, 5.41) is 8.42. The van der Waals surface area contributed by atoms with E-state index in [1.165, 1.54) is 17.3 Å². The lowest BCUT2D eigenvalue weighted by Gasteiger charge is -2.22. The predicted molar refractivity (Wildman–Crippen MR) is 95.3 cm³/mol. The molecule has 0 N–H and O–H groups in total. The molecule has 1 unspecified atom stereocenters. The van der Waals surface area contributed by atoms with Crippen LogP contribution in [-0.2, 0) is 11.2 Å². The van der Waals surface area contributed by atoms with Crippen LogP contribution in [-0.4, -0.2) is 32.9 Å². The summed E-state index contributed by atoms with van der Waals surface area (Å²) in [4.78, 5) is 18.5. The second kappa shape index (κ2) is 6.68. The van der Waals surface area contributed by atoms with Crippen LogP contribution in [0.25, 0.3) is 11.5 Å². The van der Waals surface area contributed by atoms with Crippen molar-refractivity contribution in [3.05, 3.63) is 54.4 Å². The highest BCUT2D eigenvalue weighted by atomic mass is 32.2. The zero-order valence-corrected chi connectivity index (χ0v) is 14.4. The van der Waals surface area contributed by atoms with E-state index in [0.29, 0.717) is 11.1 Å². The number of amides is 1. The molecule has 1 aliphatic heterocycles. The van der Waals surface area contributed by atoms with Crippen LogP contribution in [0.3, 0.4) is 0 Å². The number of fused-ring (bicyclic) bond motifs is 1. The minimum atomic E-state index is 0.0473. The van der Waals surface area contributed by atoms with Crippen molar-refractivity contribution < 1.29 is 9.21 Å². The zero-order valence-electron chi connectivity index (χ0n) is 13.6. The van der Waals surface area contributed by atoms with E-state index in [4.69, 9.17) is 4.42 Å². The van der Waals surface area contributed by atoms with Gasteiger partial charge in [0, 0.05) is 29.7 Å². The Kier molecular flexibility index (Phi) is 4.23. The molecule has 0 fully saturated rings. The maximum absolute atomic E-state index is 12.7. The number of carbonyl (C=O) groups excluding carboxylic acids is 1. The van der Waals surface area contributed by atoms with E-state index >= 15 is 0 Å². The van der Waals surface area contributed by atoms with Gasteiger partial charge in [0.25, 0.3) is 5.22 Å². The van der Waals surface area contributed by atoms with Gasteiger partial charge in [-0.05, 0) is 37.1 Å². The number of hydrogen-bond acceptors (Lipinski definition) is 6. The van der Waals surface area contributed by atoms with Gasteiger partial charge in [0.05, 0.1) is 5.75 Å². The summed E-state index contributed by atoms with van der Waals surface area (Å²) < 4.78 is 5.62. The molecular formula is C18H16N4O2S. The molecule has 1 atom stereocenters. The van der Waals surface area contributed by atoms with Crippen molar-refractivity contribution in [2.75, 3.05) is 10.7 Å². The average molecular weight is 352 g/mol. The van der Waals surface area contributed by atoms with E-state index in [2.05, 4.69) is 28.2 Å². The SMILES string of the molecule is CC1Cc2ccccc2N1C(=O)CSc1nnc(-c2ccncc2)o1. The van der Waals surface area contributed by atoms with Crippen LogP contribution in [0.1, 0.15) is 12.5 Å². The molecule has 25 heavy (non-hydrogen) atoms. The summed E-state index contributed by atoms with van der Waals surface area (Å²) in [6.45, 7) is 2.07. The molecule has 0 radical (unpaired) electrons. The number of anilines is 1. The standard InChI is InChI=1S/C18H16N4O2S/c1-12-10-14-4-2-3-5-15(14)22(12)16(23)11-25-18-21-20-17(24-18)13-6-8-19-9-7-13/h2-9,12H,10-11H2,1H3. The number of thioether (sulfide) groups is 1. The molecule has 0 saturated heterocycles. The van der Waals surface area contributed by atoms with E-state index in [1.54, 1.807) is 24.5 Å². The normalized spacial score (nSPS) is 16.0. The number of nitrogens with zero attached hydrogens (tertiary/aromatic N) is 4. The molecule has 3 aromatic rings. The van der Waals surface area contributed by atoms with Gasteiger partial charge in [-0.2, -0.15) is 0 Å². The third kappa shape index (κ3) is 3.15. The number of benzene rings is 1. The molecule has 1 aliphatic rings. The molecule has 126 valence electrons. The molecule has 1 amide bonds. The quantitative estimate of drug-likeness (QED) is 0.672. The number of rotatable bonds is 4. The summed E-state index contributed by atoms with van der Waals surface area (Å²) in [5.41, 5.74) is 3.03. The van der Waals surface area contributed by atoms with Gasteiger partial charge in [-0.25, -0.2) is 0 Å². The fraction of sp³-hybridized carbons (Fsp3) is 0.222. The molecule has 1 aromatic carbocycles. The number of aromatic nitrogens is 3. The Morgan fingerprint density at radius 1 is 1.24 bits per heavy atom. The largest absolute Gasteiger partial charge is 0.411 e. The van der Waals surface area contributed by atoms with E-state index in [0.717, 1.165) is 17.7 Å². The fourth-order valence-corrected chi connectivity index (χ4v) is 3.64. The molecule has 6 nitrogen and oxygen atoms in total. The smallest absolute Gasteiger partial charge is 0.277 e. The Morgan fingerprint density at radius 2 is 2.04 bits per heavy atom. The Balaban J connectivity index is 1.44. The third-order valence-corrected chi connectivity index (χ3v) is 4.93. The van der Waals surface area contributed by atoms with Gasteiger partial charge in [-0.15, -0.1) is 10.2 Å². The minimum absolute atomic E-state index is 0.0473. The number of para-hydroxylation sites is 1. The van der Waals surface area contributed by atoms with E-state index in [9.17, 15) is 4.79 Å². The number of pyridine rings is 1. The lowest BCUT2D eigenvalue weighted by molar-refractivity contribution is -0.116. The molecule has 0 saturated carbocycles. The van der Waals surface area contributed by atoms with Gasteiger partial charge in [-0.1, -0.05) is 30.0 Å². The van der Waals surface area contributed by atoms with Crippen LogP contribution in [0.4, 0.5) is 5.69 Å². The highest BCUT2D eigenvalue weighted by Crippen LogP contribution is 2.33. The highest BCUT2D eigenvalue weighted by molar-refractivity contribution is 7.99. The molecule has 4 rings (SSSR count). The summed E-state index contributed by atoms with van der Waals surface area (Å²) >= 11 is 1.26. The van der Waals surface area contributed by atoms with Gasteiger partial charge < -0.3 is 9.32 Å². The van der Waals surface area contributed by atoms with E-state index in [-0.39, 0.29) is 17.7 Å². The van der Waals surface area contributed by atoms with Crippen molar-refractivity contribution >= 4 is 23.4 Å². The number of carbonyl (C=O) groups is 1. The predicted octanol–water partition coefficient (Wildman–Crippen LogP) is 3.20. The second-order valence-corrected chi connectivity index (χ2v) is 6.77. The van der Waals surface area contributed by atoms with E-state index in [1.807, 2.05) is 23.1 Å². The highest BCUT2D eigenvalue weighted by Gasteiger charge is 2.30. The lowest BCUT2D eigenvalue weighted by atomic mass is 10.1. The monoisotopic (exact) mass is 352 g/mol. The van der Waals surface area contributed by atoms with Crippen molar-refractivity contribution in [2.24, 2.45) is 0 Å². The minimum Gasteiger partial charge on any atom is -0.411 e. The molecule has 0 bridgehead atoms. The van der Waals surface area contributed by atoms with Gasteiger partial charge in [0.15, 0.2) is 0 Å². The van der Waals surface area contributed by atoms with Crippen LogP contribution in [0.2, 0.25) is 0 Å². The molecule has 7 heteroatoms. The topological polar surface area (TPSA) is 72.1 Å². The first-order valence-corrected chi connectivity index (χ1v) is 8.97. The van der Waals surface area contributed by atoms with Crippen molar-refractivity contribution in [1.29, 1.82) is 0 Å². The maximum Gasteiger partial charge on any atom is 0.277 e. The van der Waals surface area contributed by atoms with Crippen molar-refractivity contribution in [1.82, 2.24) is 15.2 Å². The molecule has 0 aliphatic carbocycles. The van der Waals surface area contributed by atoms with Crippen LogP contribution >= 0.6 is 11.8 Å². The summed E-state index contributed by atoms with van der Waals surface area (Å²) in [6.07, 6.45) is 4.23. The summed E-state index contributed by atoms with van der Waals surface area (Å²) in [6, 6.07) is 11.8. The molecule has 0 spiro atoms. The zero-order chi connectivity index (χ0) is 17.2. The average Bonchev–Trinajstić information content (AvgIpc) is 3.24. The molecule has 3 heterocycles. The Labute approximate surface area is 149 Å². The van der Waals surface area contributed by atoms with Crippen LogP contribution in [0, 0.1) is 0 Å². The number of hydrogen-bond donors (Lipinski definition) is 0. The van der Waals surface area contributed by atoms with Crippen LogP contribution in [0.15, 0.2) is 58.4 Å². The Bertz CT molecular complexity index is 897. The van der Waals surface area contributed by atoms with Gasteiger partial charge in [0.1, 0.15) is 0 Å². The molecular weight excluding hydrogens is 336 g/mol. The van der Waals surface area contributed by atoms with Gasteiger partial charge in [-0.3, -0.25) is 9.78 Å². The first-order chi connectivity index (χ1) is 12.2. The first-order valence-electron chi connectivity index (χ1n) is 7.99. The van der Waals surface area contributed by atoms with E-state index < -0.39 is 0 Å². The Morgan fingerprint density at radius 3 is 2.88 bits per heavy atom. The first kappa shape index (κ1) is 15.8. The van der Waals surface area contributed by atoms with Gasteiger partial charge >= 0.3 is 0 Å². The van der Waals surface area contributed by atoms with Gasteiger partial charge in [0.2, 0.25) is 11.8 Å².